The summed E-state index contributed by atoms with van der Waals surface area (Å²) in [5, 5.41) is 15.5. The number of aldehydes is 1. The van der Waals surface area contributed by atoms with E-state index in [-0.39, 0.29) is 10.8 Å². The van der Waals surface area contributed by atoms with Crippen molar-refractivity contribution in [1.82, 2.24) is 5.01 Å². The number of rotatable bonds is 4. The van der Waals surface area contributed by atoms with Gasteiger partial charge in [0.15, 0.2) is 0 Å². The number of nitrogens with zero attached hydrogens (tertiary/aromatic N) is 2. The van der Waals surface area contributed by atoms with Crippen LogP contribution >= 0.6 is 11.6 Å². The molecule has 2 aromatic carbocycles. The van der Waals surface area contributed by atoms with Gasteiger partial charge in [0.25, 0.3) is 0 Å². The molecule has 0 fully saturated rings. The predicted molar refractivity (Wildman–Crippen MR) is 86.2 cm³/mol. The second-order valence-electron chi connectivity index (χ2n) is 5.26. The Morgan fingerprint density at radius 3 is 2.65 bits per heavy atom. The average molecular weight is 333 g/mol. The van der Waals surface area contributed by atoms with Crippen molar-refractivity contribution in [3.05, 3.63) is 64.4 Å². The Labute approximate surface area is 137 Å². The van der Waals surface area contributed by atoms with Gasteiger partial charge in [0.1, 0.15) is 23.9 Å². The van der Waals surface area contributed by atoms with Crippen LogP contribution in [0.15, 0.2) is 47.6 Å². The molecule has 23 heavy (non-hydrogen) atoms. The first-order chi connectivity index (χ1) is 11.1. The molecule has 0 aliphatic carbocycles. The summed E-state index contributed by atoms with van der Waals surface area (Å²) in [6.07, 6.45) is 1.41. The monoisotopic (exact) mass is 332 g/mol. The minimum atomic E-state index is -0.656. The molecule has 0 amide bonds. The molecule has 0 spiro atoms. The molecule has 0 radical (unpaired) electrons. The quantitative estimate of drug-likeness (QED) is 0.871. The molecule has 4 nitrogen and oxygen atoms in total. The number of halogens is 2. The lowest BCUT2D eigenvalue weighted by molar-refractivity contribution is -0.112. The number of phenolic OH excluding ortho intramolecular Hbond substituents is 1. The van der Waals surface area contributed by atoms with E-state index in [0.29, 0.717) is 18.5 Å². The van der Waals surface area contributed by atoms with Crippen LogP contribution in [-0.2, 0) is 4.79 Å². The average Bonchev–Trinajstić information content (AvgIpc) is 3.02. The van der Waals surface area contributed by atoms with E-state index in [9.17, 15) is 14.3 Å². The van der Waals surface area contributed by atoms with Crippen molar-refractivity contribution >= 4 is 23.6 Å². The van der Waals surface area contributed by atoms with Gasteiger partial charge in [0.2, 0.25) is 0 Å². The summed E-state index contributed by atoms with van der Waals surface area (Å²) in [7, 11) is 0. The van der Waals surface area contributed by atoms with Crippen LogP contribution in [0.4, 0.5) is 4.39 Å². The van der Waals surface area contributed by atoms with Crippen LogP contribution in [-0.4, -0.2) is 28.7 Å². The third-order valence-electron chi connectivity index (χ3n) is 3.76. The highest BCUT2D eigenvalue weighted by Crippen LogP contribution is 2.27. The van der Waals surface area contributed by atoms with Crippen LogP contribution in [0.1, 0.15) is 23.6 Å². The van der Waals surface area contributed by atoms with Gasteiger partial charge in [-0.2, -0.15) is 5.10 Å². The van der Waals surface area contributed by atoms with Gasteiger partial charge in [0.05, 0.1) is 10.7 Å². The summed E-state index contributed by atoms with van der Waals surface area (Å²) < 4.78 is 13.6. The smallest absolute Gasteiger partial charge is 0.148 e. The van der Waals surface area contributed by atoms with Crippen LogP contribution in [0, 0.1) is 5.82 Å². The lowest BCUT2D eigenvalue weighted by Gasteiger charge is -2.21. The molecule has 0 saturated carbocycles. The fourth-order valence-corrected chi connectivity index (χ4v) is 2.67. The van der Waals surface area contributed by atoms with Crippen molar-refractivity contribution in [3.8, 4) is 5.75 Å². The first kappa shape index (κ1) is 15.5. The molecule has 1 aliphatic rings. The highest BCUT2D eigenvalue weighted by molar-refractivity contribution is 6.30. The van der Waals surface area contributed by atoms with Gasteiger partial charge in [-0.15, -0.1) is 0 Å². The van der Waals surface area contributed by atoms with Gasteiger partial charge in [-0.1, -0.05) is 17.7 Å². The lowest BCUT2D eigenvalue weighted by atomic mass is 10.1. The van der Waals surface area contributed by atoms with Crippen LogP contribution in [0.25, 0.3) is 0 Å². The molecule has 1 unspecified atom stereocenters. The van der Waals surface area contributed by atoms with Gasteiger partial charge < -0.3 is 9.90 Å². The van der Waals surface area contributed by atoms with Crippen molar-refractivity contribution < 1.29 is 14.3 Å². The fourth-order valence-electron chi connectivity index (χ4n) is 2.55. The Kier molecular flexibility index (Phi) is 4.30. The fraction of sp³-hybridized carbons (Fsp3) is 0.176. The van der Waals surface area contributed by atoms with Crippen molar-refractivity contribution in [2.24, 2.45) is 5.10 Å². The number of carbonyl (C=O) groups is 1. The topological polar surface area (TPSA) is 52.9 Å². The highest BCUT2D eigenvalue weighted by atomic mass is 35.5. The number of hydrogen-bond acceptors (Lipinski definition) is 4. The second-order valence-corrected chi connectivity index (χ2v) is 5.67. The van der Waals surface area contributed by atoms with Crippen LogP contribution in [0.2, 0.25) is 5.02 Å². The van der Waals surface area contributed by atoms with Crippen molar-refractivity contribution in [1.29, 1.82) is 0 Å². The normalized spacial score (nSPS) is 15.4. The molecule has 1 N–H and O–H groups in total. The third-order valence-corrected chi connectivity index (χ3v) is 4.07. The maximum absolute atomic E-state index is 13.6. The van der Waals surface area contributed by atoms with Crippen LogP contribution in [0.5, 0.6) is 5.75 Å². The molecular weight excluding hydrogens is 319 g/mol. The van der Waals surface area contributed by atoms with E-state index >= 15 is 0 Å². The number of carbonyl (C=O) groups excluding carboxylic acids is 1. The zero-order chi connectivity index (χ0) is 16.4. The third kappa shape index (κ3) is 3.19. The largest absolute Gasteiger partial charge is 0.508 e. The van der Waals surface area contributed by atoms with Crippen molar-refractivity contribution in [3.63, 3.8) is 0 Å². The SMILES string of the molecule is O=CC(c1ccc(Cl)c(F)c1)N1CCC(c2ccc(O)cc2)=N1. The van der Waals surface area contributed by atoms with Crippen LogP contribution in [0.3, 0.4) is 0 Å². The van der Waals surface area contributed by atoms with E-state index < -0.39 is 11.9 Å². The molecule has 1 heterocycles. The summed E-state index contributed by atoms with van der Waals surface area (Å²) in [6, 6.07) is 10.4. The van der Waals surface area contributed by atoms with E-state index in [4.69, 9.17) is 11.6 Å². The second kappa shape index (κ2) is 6.38. The standard InChI is InChI=1S/C17H14ClFN2O2/c18-14-6-3-12(9-15(14)19)17(10-22)21-8-7-16(20-21)11-1-4-13(23)5-2-11/h1-6,9-10,17,23H,7-8H2. The number of aromatic hydroxyl groups is 1. The van der Waals surface area contributed by atoms with E-state index in [2.05, 4.69) is 5.10 Å². The molecule has 6 heteroatoms. The molecule has 118 valence electrons. The first-order valence-corrected chi connectivity index (χ1v) is 7.50. The molecule has 0 saturated heterocycles. The van der Waals surface area contributed by atoms with Gasteiger partial charge >= 0.3 is 0 Å². The lowest BCUT2D eigenvalue weighted by Crippen LogP contribution is -2.22. The molecule has 1 atom stereocenters. The molecule has 1 aliphatic heterocycles. The maximum atomic E-state index is 13.6. The predicted octanol–water partition coefficient (Wildman–Crippen LogP) is 3.53. The van der Waals surface area contributed by atoms with E-state index in [1.807, 2.05) is 0 Å². The van der Waals surface area contributed by atoms with Crippen molar-refractivity contribution in [2.45, 2.75) is 12.5 Å². The first-order valence-electron chi connectivity index (χ1n) is 7.12. The van der Waals surface area contributed by atoms with Gasteiger partial charge in [-0.05, 0) is 47.5 Å². The Morgan fingerprint density at radius 2 is 2.00 bits per heavy atom. The van der Waals surface area contributed by atoms with E-state index in [1.54, 1.807) is 35.3 Å². The summed E-state index contributed by atoms with van der Waals surface area (Å²) in [6.45, 7) is 0.559. The Morgan fingerprint density at radius 1 is 1.26 bits per heavy atom. The van der Waals surface area contributed by atoms with Gasteiger partial charge in [-0.25, -0.2) is 4.39 Å². The highest BCUT2D eigenvalue weighted by Gasteiger charge is 2.25. The number of hydrazone groups is 1. The summed E-state index contributed by atoms with van der Waals surface area (Å²) in [5.41, 5.74) is 2.22. The minimum absolute atomic E-state index is 0.0214. The van der Waals surface area contributed by atoms with Gasteiger partial charge in [-0.3, -0.25) is 5.01 Å². The van der Waals surface area contributed by atoms with Gasteiger partial charge in [0, 0.05) is 13.0 Å². The summed E-state index contributed by atoms with van der Waals surface area (Å²) in [5.74, 6) is -0.371. The number of phenols is 1. The molecular formula is C17H14ClFN2O2. The summed E-state index contributed by atoms with van der Waals surface area (Å²) >= 11 is 5.68. The summed E-state index contributed by atoms with van der Waals surface area (Å²) in [4.78, 5) is 11.5. The molecule has 2 aromatic rings. The maximum Gasteiger partial charge on any atom is 0.148 e. The molecule has 0 aromatic heterocycles. The molecule has 3 rings (SSSR count). The Hall–Kier alpha value is -2.40. The van der Waals surface area contributed by atoms with Crippen molar-refractivity contribution in [2.75, 3.05) is 6.54 Å². The van der Waals surface area contributed by atoms with Crippen LogP contribution < -0.4 is 0 Å². The number of benzene rings is 2. The van der Waals surface area contributed by atoms with E-state index in [0.717, 1.165) is 17.6 Å². The number of hydrogen-bond donors (Lipinski definition) is 1. The van der Waals surface area contributed by atoms with E-state index in [1.165, 1.54) is 12.1 Å². The zero-order valence-corrected chi connectivity index (χ0v) is 12.9. The Balaban J connectivity index is 1.86. The Bertz CT molecular complexity index is 762. The minimum Gasteiger partial charge on any atom is -0.508 e. The zero-order valence-electron chi connectivity index (χ0n) is 12.1. The molecule has 0 bridgehead atoms.